The van der Waals surface area contributed by atoms with Crippen molar-refractivity contribution in [3.63, 3.8) is 0 Å². The molecule has 1 aromatic carbocycles. The number of esters is 1. The van der Waals surface area contributed by atoms with Crippen LogP contribution < -0.4 is 0 Å². The Hall–Kier alpha value is -1.21. The summed E-state index contributed by atoms with van der Waals surface area (Å²) in [7, 11) is 0.513. The first-order valence-corrected chi connectivity index (χ1v) is 8.71. The Labute approximate surface area is 125 Å². The van der Waals surface area contributed by atoms with Gasteiger partial charge in [-0.2, -0.15) is 0 Å². The molecule has 0 N–H and O–H groups in total. The molecule has 1 saturated carbocycles. The molecule has 116 valence electrons. The molecule has 2 rings (SSSR count). The quantitative estimate of drug-likeness (QED) is 0.624. The fraction of sp³-hybridized carbons (Fsp3) is 0.462. The minimum absolute atomic E-state index is 0.109. The smallest absolute Gasteiger partial charge is 0.341 e. The maximum atomic E-state index is 14.0. The highest BCUT2D eigenvalue weighted by atomic mass is 35.7. The van der Waals surface area contributed by atoms with Crippen molar-refractivity contribution in [2.75, 3.05) is 6.61 Å². The van der Waals surface area contributed by atoms with Crippen LogP contribution in [0.4, 0.5) is 8.78 Å². The zero-order valence-electron chi connectivity index (χ0n) is 10.9. The zero-order valence-corrected chi connectivity index (χ0v) is 12.5. The van der Waals surface area contributed by atoms with Crippen LogP contribution in [0.5, 0.6) is 0 Å². The van der Waals surface area contributed by atoms with E-state index in [1.807, 2.05) is 0 Å². The number of halogens is 3. The highest BCUT2D eigenvalue weighted by molar-refractivity contribution is 8.13. The van der Waals surface area contributed by atoms with E-state index in [9.17, 15) is 22.0 Å². The van der Waals surface area contributed by atoms with E-state index < -0.39 is 37.1 Å². The first-order valence-electron chi connectivity index (χ1n) is 6.40. The van der Waals surface area contributed by atoms with Crippen LogP contribution in [0.25, 0.3) is 0 Å². The predicted molar refractivity (Wildman–Crippen MR) is 71.6 cm³/mol. The first-order chi connectivity index (χ1) is 9.79. The SMILES string of the molecule is O=C(OCC1CCCC1)c1cc(F)cc(S(=O)(=O)Cl)c1F. The van der Waals surface area contributed by atoms with Gasteiger partial charge in [-0.25, -0.2) is 22.0 Å². The molecule has 1 aliphatic carbocycles. The summed E-state index contributed by atoms with van der Waals surface area (Å²) >= 11 is 0. The largest absolute Gasteiger partial charge is 0.462 e. The lowest BCUT2D eigenvalue weighted by atomic mass is 10.1. The standard InChI is InChI=1S/C13H13ClF2O4S/c14-21(18,19)11-6-9(15)5-10(12(11)16)13(17)20-7-8-3-1-2-4-8/h5-6,8H,1-4,7H2. The molecule has 0 aliphatic heterocycles. The van der Waals surface area contributed by atoms with E-state index in [4.69, 9.17) is 15.4 Å². The van der Waals surface area contributed by atoms with Crippen LogP contribution in [0, 0.1) is 17.6 Å². The second-order valence-corrected chi connectivity index (χ2v) is 7.49. The third kappa shape index (κ3) is 3.91. The number of hydrogen-bond donors (Lipinski definition) is 0. The number of carbonyl (C=O) groups excluding carboxylic acids is 1. The van der Waals surface area contributed by atoms with Gasteiger partial charge in [0, 0.05) is 10.7 Å². The second kappa shape index (κ2) is 6.27. The molecule has 1 aliphatic rings. The van der Waals surface area contributed by atoms with E-state index in [0.29, 0.717) is 12.1 Å². The third-order valence-corrected chi connectivity index (χ3v) is 4.73. The topological polar surface area (TPSA) is 60.4 Å². The van der Waals surface area contributed by atoms with Crippen molar-refractivity contribution in [1.29, 1.82) is 0 Å². The third-order valence-electron chi connectivity index (χ3n) is 3.41. The van der Waals surface area contributed by atoms with Crippen molar-refractivity contribution < 1.29 is 26.7 Å². The second-order valence-electron chi connectivity index (χ2n) is 4.95. The van der Waals surface area contributed by atoms with Crippen molar-refractivity contribution in [3.8, 4) is 0 Å². The molecule has 0 radical (unpaired) electrons. The first kappa shape index (κ1) is 16.2. The molecular formula is C13H13ClF2O4S. The summed E-state index contributed by atoms with van der Waals surface area (Å²) in [6, 6.07) is 1.02. The fourth-order valence-electron chi connectivity index (χ4n) is 2.34. The lowest BCUT2D eigenvalue weighted by molar-refractivity contribution is 0.0436. The van der Waals surface area contributed by atoms with Gasteiger partial charge in [0.15, 0.2) is 5.82 Å². The monoisotopic (exact) mass is 338 g/mol. The molecule has 0 spiro atoms. The van der Waals surface area contributed by atoms with E-state index in [1.54, 1.807) is 0 Å². The normalized spacial score (nSPS) is 16.1. The Bertz CT molecular complexity index is 654. The van der Waals surface area contributed by atoms with Gasteiger partial charge in [0.1, 0.15) is 10.7 Å². The van der Waals surface area contributed by atoms with Gasteiger partial charge in [0.2, 0.25) is 0 Å². The van der Waals surface area contributed by atoms with E-state index >= 15 is 0 Å². The molecule has 1 aromatic rings. The van der Waals surface area contributed by atoms with Crippen LogP contribution >= 0.6 is 10.7 Å². The van der Waals surface area contributed by atoms with Crippen molar-refractivity contribution in [2.45, 2.75) is 30.6 Å². The Morgan fingerprint density at radius 2 is 1.90 bits per heavy atom. The van der Waals surface area contributed by atoms with Crippen molar-refractivity contribution in [1.82, 2.24) is 0 Å². The summed E-state index contributed by atoms with van der Waals surface area (Å²) in [5.41, 5.74) is -0.771. The van der Waals surface area contributed by atoms with Gasteiger partial charge in [0.05, 0.1) is 12.2 Å². The lowest BCUT2D eigenvalue weighted by Crippen LogP contribution is -2.15. The Morgan fingerprint density at radius 3 is 2.48 bits per heavy atom. The van der Waals surface area contributed by atoms with E-state index in [2.05, 4.69) is 0 Å². The van der Waals surface area contributed by atoms with Gasteiger partial charge >= 0.3 is 5.97 Å². The maximum absolute atomic E-state index is 14.0. The van der Waals surface area contributed by atoms with E-state index in [-0.39, 0.29) is 12.5 Å². The lowest BCUT2D eigenvalue weighted by Gasteiger charge is -2.11. The molecule has 0 saturated heterocycles. The molecule has 0 unspecified atom stereocenters. The highest BCUT2D eigenvalue weighted by Gasteiger charge is 2.26. The Morgan fingerprint density at radius 1 is 1.29 bits per heavy atom. The average Bonchev–Trinajstić information content (AvgIpc) is 2.90. The average molecular weight is 339 g/mol. The van der Waals surface area contributed by atoms with E-state index in [0.717, 1.165) is 25.7 Å². The Kier molecular flexibility index (Phi) is 4.83. The molecule has 8 heteroatoms. The van der Waals surface area contributed by atoms with Gasteiger partial charge < -0.3 is 4.74 Å². The van der Waals surface area contributed by atoms with Crippen LogP contribution in [0.15, 0.2) is 17.0 Å². The summed E-state index contributed by atoms with van der Waals surface area (Å²) < 4.78 is 54.6. The van der Waals surface area contributed by atoms with Crippen molar-refractivity contribution >= 4 is 25.7 Å². The molecular weight excluding hydrogens is 326 g/mol. The number of carbonyl (C=O) groups is 1. The summed E-state index contributed by atoms with van der Waals surface area (Å²) in [6.07, 6.45) is 3.93. The fourth-order valence-corrected chi connectivity index (χ4v) is 3.25. The number of ether oxygens (including phenoxy) is 1. The molecule has 0 bridgehead atoms. The summed E-state index contributed by atoms with van der Waals surface area (Å²) in [6.45, 7) is 0.109. The maximum Gasteiger partial charge on any atom is 0.341 e. The van der Waals surface area contributed by atoms with Crippen LogP contribution in [0.3, 0.4) is 0 Å². The summed E-state index contributed by atoms with van der Waals surface area (Å²) in [4.78, 5) is 10.7. The van der Waals surface area contributed by atoms with Crippen LogP contribution in [-0.2, 0) is 13.8 Å². The highest BCUT2D eigenvalue weighted by Crippen LogP contribution is 2.26. The zero-order chi connectivity index (χ0) is 15.6. The molecule has 0 amide bonds. The summed E-state index contributed by atoms with van der Waals surface area (Å²) in [5, 5.41) is 0. The van der Waals surface area contributed by atoms with Gasteiger partial charge in [-0.15, -0.1) is 0 Å². The molecule has 1 fully saturated rings. The van der Waals surface area contributed by atoms with Crippen LogP contribution in [0.1, 0.15) is 36.0 Å². The van der Waals surface area contributed by atoms with Gasteiger partial charge in [-0.3, -0.25) is 0 Å². The van der Waals surface area contributed by atoms with Crippen LogP contribution in [-0.4, -0.2) is 21.0 Å². The van der Waals surface area contributed by atoms with Gasteiger partial charge in [0.25, 0.3) is 9.05 Å². The molecule has 0 atom stereocenters. The molecule has 4 nitrogen and oxygen atoms in total. The van der Waals surface area contributed by atoms with Crippen molar-refractivity contribution in [2.24, 2.45) is 5.92 Å². The van der Waals surface area contributed by atoms with Gasteiger partial charge in [-0.05, 0) is 30.9 Å². The van der Waals surface area contributed by atoms with E-state index in [1.165, 1.54) is 0 Å². The summed E-state index contributed by atoms with van der Waals surface area (Å²) in [5.74, 6) is -3.37. The molecule has 0 aromatic heterocycles. The Balaban J connectivity index is 2.22. The number of benzene rings is 1. The number of hydrogen-bond acceptors (Lipinski definition) is 4. The van der Waals surface area contributed by atoms with Crippen LogP contribution in [0.2, 0.25) is 0 Å². The van der Waals surface area contributed by atoms with Crippen molar-refractivity contribution in [3.05, 3.63) is 29.3 Å². The molecule has 0 heterocycles. The number of rotatable bonds is 4. The predicted octanol–water partition coefficient (Wildman–Crippen LogP) is 3.24. The van der Waals surface area contributed by atoms with Gasteiger partial charge in [-0.1, -0.05) is 12.8 Å². The minimum atomic E-state index is -4.49. The minimum Gasteiger partial charge on any atom is -0.462 e. The molecule has 21 heavy (non-hydrogen) atoms.